The summed E-state index contributed by atoms with van der Waals surface area (Å²) in [7, 11) is 6.89. The molecule has 0 radical (unpaired) electrons. The third-order valence-electron chi connectivity index (χ3n) is 6.71. The van der Waals surface area contributed by atoms with Crippen molar-refractivity contribution in [3.63, 3.8) is 0 Å². The highest BCUT2D eigenvalue weighted by Crippen LogP contribution is 2.45. The second-order valence-electron chi connectivity index (χ2n) is 8.85. The molecule has 0 aromatic heterocycles. The van der Waals surface area contributed by atoms with Gasteiger partial charge in [-0.2, -0.15) is 5.10 Å². The molecule has 2 aliphatic heterocycles. The molecular formula is C28H35N4O3+. The van der Waals surface area contributed by atoms with E-state index in [1.54, 1.807) is 18.2 Å². The number of anilines is 2. The number of quaternary nitrogens is 1. The number of rotatable bonds is 8. The number of allylic oxidation sites excluding steroid dienone is 1. The van der Waals surface area contributed by atoms with Gasteiger partial charge in [0.25, 0.3) is 0 Å². The van der Waals surface area contributed by atoms with Crippen molar-refractivity contribution >= 4 is 34.8 Å². The second kappa shape index (κ2) is 10.8. The number of methoxy groups -OCH3 is 2. The highest BCUT2D eigenvalue weighted by Gasteiger charge is 2.29. The lowest BCUT2D eigenvalue weighted by atomic mass is 9.90. The Kier molecular flexibility index (Phi) is 7.56. The highest BCUT2D eigenvalue weighted by atomic mass is 16.5. The van der Waals surface area contributed by atoms with Crippen LogP contribution in [-0.4, -0.2) is 53.1 Å². The van der Waals surface area contributed by atoms with Crippen LogP contribution in [0.2, 0.25) is 0 Å². The Hall–Kier alpha value is -3.58. The maximum Gasteiger partial charge on any atom is 0.359 e. The molecule has 7 heteroatoms. The first kappa shape index (κ1) is 24.5. The fraction of sp³-hybridized carbons (Fsp3) is 0.357. The van der Waals surface area contributed by atoms with E-state index in [-0.39, 0.29) is 5.71 Å². The van der Waals surface area contributed by atoms with Crippen molar-refractivity contribution in [1.29, 1.82) is 0 Å². The van der Waals surface area contributed by atoms with Gasteiger partial charge < -0.3 is 19.7 Å². The number of ether oxygens (including phenoxy) is 2. The molecule has 0 saturated heterocycles. The fourth-order valence-electron chi connectivity index (χ4n) is 5.01. The minimum absolute atomic E-state index is 0.152. The van der Waals surface area contributed by atoms with Gasteiger partial charge in [0.15, 0.2) is 5.71 Å². The van der Waals surface area contributed by atoms with E-state index in [4.69, 9.17) is 9.47 Å². The summed E-state index contributed by atoms with van der Waals surface area (Å²) in [5, 5.41) is 8.42. The lowest BCUT2D eigenvalue weighted by Crippen LogP contribution is -2.73. The normalized spacial score (nSPS) is 15.1. The summed E-state index contributed by atoms with van der Waals surface area (Å²) in [4.78, 5) is 15.2. The van der Waals surface area contributed by atoms with E-state index in [0.29, 0.717) is 5.57 Å². The van der Waals surface area contributed by atoms with Crippen LogP contribution in [0, 0.1) is 0 Å². The molecule has 2 aromatic rings. The van der Waals surface area contributed by atoms with Crippen LogP contribution in [0.3, 0.4) is 0 Å². The monoisotopic (exact) mass is 475 g/mol. The lowest BCUT2D eigenvalue weighted by molar-refractivity contribution is -0.539. The molecule has 0 bridgehead atoms. The van der Waals surface area contributed by atoms with Crippen molar-refractivity contribution in [2.75, 3.05) is 51.3 Å². The first-order chi connectivity index (χ1) is 17.0. The number of hydrazone groups is 1. The summed E-state index contributed by atoms with van der Waals surface area (Å²) in [6, 6.07) is 10.2. The zero-order valence-electron chi connectivity index (χ0n) is 21.1. The second-order valence-corrected chi connectivity index (χ2v) is 8.85. The highest BCUT2D eigenvalue weighted by molar-refractivity contribution is 6.44. The van der Waals surface area contributed by atoms with Crippen LogP contribution in [-0.2, 0) is 22.4 Å². The van der Waals surface area contributed by atoms with E-state index in [1.807, 2.05) is 49.8 Å². The number of benzene rings is 2. The van der Waals surface area contributed by atoms with Crippen LogP contribution >= 0.6 is 0 Å². The van der Waals surface area contributed by atoms with Crippen molar-refractivity contribution in [2.24, 2.45) is 5.10 Å². The Morgan fingerprint density at radius 3 is 2.66 bits per heavy atom. The van der Waals surface area contributed by atoms with Gasteiger partial charge in [-0.1, -0.05) is 24.8 Å². The maximum absolute atomic E-state index is 12.7. The van der Waals surface area contributed by atoms with Gasteiger partial charge in [-0.15, -0.1) is 0 Å². The van der Waals surface area contributed by atoms with Gasteiger partial charge in [0.05, 0.1) is 21.3 Å². The van der Waals surface area contributed by atoms with Gasteiger partial charge in [-0.3, -0.25) is 5.01 Å². The summed E-state index contributed by atoms with van der Waals surface area (Å²) in [6.45, 7) is 6.30. The molecule has 2 N–H and O–H groups in total. The van der Waals surface area contributed by atoms with Crippen LogP contribution < -0.4 is 20.0 Å². The standard InChI is InChI=1S/C28H34N4O3/c1-19(14-15-20-10-6-7-13-23(20)29-2)25(28(33)35-5)30-31(3)24-18-21-11-8-16-32-17-9-12-22(26(21)32)27(24)34-4/h6-7,10,13-15,18,29H,1,8-9,11-12,16-17H2,2-5H3/p+1/b15-14-,30-25-. The number of esters is 1. The zero-order chi connectivity index (χ0) is 24.9. The third kappa shape index (κ3) is 4.95. The first-order valence-corrected chi connectivity index (χ1v) is 12.1. The smallest absolute Gasteiger partial charge is 0.359 e. The lowest BCUT2D eigenvalue weighted by Gasteiger charge is -2.38. The summed E-state index contributed by atoms with van der Waals surface area (Å²) in [5.41, 5.74) is 7.48. The van der Waals surface area contributed by atoms with Gasteiger partial charge >= 0.3 is 5.97 Å². The Labute approximate surface area is 207 Å². The molecule has 0 unspecified atom stereocenters. The minimum Gasteiger partial charge on any atom is -0.494 e. The summed E-state index contributed by atoms with van der Waals surface area (Å²) in [6.07, 6.45) is 7.98. The summed E-state index contributed by atoms with van der Waals surface area (Å²) >= 11 is 0. The van der Waals surface area contributed by atoms with Gasteiger partial charge in [0.2, 0.25) is 0 Å². The molecular weight excluding hydrogens is 440 g/mol. The first-order valence-electron chi connectivity index (χ1n) is 12.1. The Morgan fingerprint density at radius 1 is 1.20 bits per heavy atom. The van der Waals surface area contributed by atoms with E-state index in [9.17, 15) is 4.79 Å². The minimum atomic E-state index is -0.536. The van der Waals surface area contributed by atoms with Gasteiger partial charge in [-0.25, -0.2) is 4.79 Å². The Morgan fingerprint density at radius 2 is 1.94 bits per heavy atom. The molecule has 2 heterocycles. The molecule has 184 valence electrons. The summed E-state index contributed by atoms with van der Waals surface area (Å²) < 4.78 is 11.0. The number of carbonyl (C=O) groups excluding carboxylic acids is 1. The summed E-state index contributed by atoms with van der Waals surface area (Å²) in [5.74, 6) is 0.283. The number of nitrogens with zero attached hydrogens (tertiary/aromatic N) is 3. The van der Waals surface area contributed by atoms with Crippen molar-refractivity contribution in [2.45, 2.75) is 25.7 Å². The van der Waals surface area contributed by atoms with E-state index in [2.05, 4.69) is 22.6 Å². The zero-order valence-corrected chi connectivity index (χ0v) is 21.1. The average Bonchev–Trinajstić information content (AvgIpc) is 2.90. The third-order valence-corrected chi connectivity index (χ3v) is 6.71. The van der Waals surface area contributed by atoms with E-state index in [0.717, 1.165) is 61.5 Å². The van der Waals surface area contributed by atoms with E-state index < -0.39 is 5.97 Å². The molecule has 0 atom stereocenters. The number of para-hydroxylation sites is 1. The SMILES string of the molecule is C=C(/C=C\c1ccccc1[NH2+]C)/C(=N/N(C)c1cc2c3c(c1OC)CCCN3CCC2)C(=O)OC. The molecule has 0 amide bonds. The van der Waals surface area contributed by atoms with E-state index in [1.165, 1.54) is 23.9 Å². The number of hydrogen-bond donors (Lipinski definition) is 1. The molecule has 0 saturated carbocycles. The topological polar surface area (TPSA) is 71.0 Å². The van der Waals surface area contributed by atoms with Crippen LogP contribution in [0.1, 0.15) is 29.5 Å². The van der Waals surface area contributed by atoms with Crippen LogP contribution in [0.25, 0.3) is 6.08 Å². The molecule has 4 rings (SSSR count). The van der Waals surface area contributed by atoms with Crippen LogP contribution in [0.5, 0.6) is 5.75 Å². The molecule has 7 nitrogen and oxygen atoms in total. The van der Waals surface area contributed by atoms with Crippen molar-refractivity contribution in [1.82, 2.24) is 0 Å². The Bertz CT molecular complexity index is 1180. The maximum atomic E-state index is 12.7. The fourth-order valence-corrected chi connectivity index (χ4v) is 5.01. The quantitative estimate of drug-likeness (QED) is 0.208. The average molecular weight is 476 g/mol. The van der Waals surface area contributed by atoms with Gasteiger partial charge in [0.1, 0.15) is 17.1 Å². The number of carbonyl (C=O) groups is 1. The van der Waals surface area contributed by atoms with Crippen molar-refractivity contribution < 1.29 is 19.6 Å². The molecule has 0 fully saturated rings. The Balaban J connectivity index is 1.70. The van der Waals surface area contributed by atoms with Gasteiger partial charge in [0, 0.05) is 42.5 Å². The molecule has 2 aromatic carbocycles. The van der Waals surface area contributed by atoms with Crippen LogP contribution in [0.4, 0.5) is 17.1 Å². The van der Waals surface area contributed by atoms with Crippen molar-refractivity contribution in [3.05, 3.63) is 65.3 Å². The number of aryl methyl sites for hydroxylation is 1. The predicted molar refractivity (Wildman–Crippen MR) is 142 cm³/mol. The molecule has 0 spiro atoms. The largest absolute Gasteiger partial charge is 0.494 e. The van der Waals surface area contributed by atoms with Crippen molar-refractivity contribution in [3.8, 4) is 5.75 Å². The van der Waals surface area contributed by atoms with Gasteiger partial charge in [-0.05, 0) is 55.5 Å². The predicted octanol–water partition coefficient (Wildman–Crippen LogP) is 3.45. The molecule has 2 aliphatic rings. The van der Waals surface area contributed by atoms with Crippen LogP contribution in [0.15, 0.2) is 53.7 Å². The number of nitrogens with two attached hydrogens (primary N) is 1. The number of hydrogen-bond acceptors (Lipinski definition) is 6. The molecule has 0 aliphatic carbocycles. The molecule has 35 heavy (non-hydrogen) atoms. The van der Waals surface area contributed by atoms with E-state index >= 15 is 0 Å².